The quantitative estimate of drug-likeness (QED) is 0.306. The lowest BCUT2D eigenvalue weighted by molar-refractivity contribution is -0.210. The lowest BCUT2D eigenvalue weighted by Crippen LogP contribution is -2.62. The van der Waals surface area contributed by atoms with E-state index in [1.54, 1.807) is 0 Å². The number of aliphatic hydroxyl groups is 2. The highest BCUT2D eigenvalue weighted by atomic mass is 32.2. The Kier molecular flexibility index (Phi) is 9.28. The standard InChI is InChI=1S/C34H58O5S/c1-10-32(6,7)30(38)39-22-15-16-33(8)21(17-22)18-26(35)29-24-13-12-23(34(24,9)27(36)19-25(29)33)20(2)11-14-28(37)40-31(3,4)5/h20-27,29,35-36H,10-19H2,1-9H3/t20?,21?,22?,23?,24?,25?,26?,27?,29?,33-,34+/m0/s1. The third-order valence-electron chi connectivity index (χ3n) is 12.4. The van der Waals surface area contributed by atoms with Crippen molar-refractivity contribution in [2.24, 2.45) is 51.8 Å². The zero-order valence-corrected chi connectivity index (χ0v) is 27.6. The van der Waals surface area contributed by atoms with Gasteiger partial charge in [-0.2, -0.15) is 0 Å². The molecule has 2 N–H and O–H groups in total. The third-order valence-corrected chi connectivity index (χ3v) is 13.5. The lowest BCUT2D eigenvalue weighted by atomic mass is 9.43. The van der Waals surface area contributed by atoms with Gasteiger partial charge < -0.3 is 14.9 Å². The topological polar surface area (TPSA) is 83.8 Å². The molecular formula is C34H58O5S. The van der Waals surface area contributed by atoms with Crippen molar-refractivity contribution >= 4 is 22.8 Å². The van der Waals surface area contributed by atoms with E-state index in [1.807, 2.05) is 20.8 Å². The van der Waals surface area contributed by atoms with E-state index in [-0.39, 0.29) is 50.7 Å². The predicted octanol–water partition coefficient (Wildman–Crippen LogP) is 7.41. The molecular weight excluding hydrogens is 520 g/mol. The Morgan fingerprint density at radius 3 is 2.30 bits per heavy atom. The number of rotatable bonds is 7. The number of aliphatic hydroxyl groups excluding tert-OH is 2. The summed E-state index contributed by atoms with van der Waals surface area (Å²) < 4.78 is 5.97. The van der Waals surface area contributed by atoms with Crippen molar-refractivity contribution in [2.75, 3.05) is 0 Å². The number of fused-ring (bicyclic) bond motifs is 5. The molecule has 0 heterocycles. The Hall–Kier alpha value is -0.590. The fraction of sp³-hybridized carbons (Fsp3) is 0.941. The van der Waals surface area contributed by atoms with Crippen LogP contribution in [0, 0.1) is 51.8 Å². The van der Waals surface area contributed by atoms with Gasteiger partial charge in [-0.3, -0.25) is 9.59 Å². The van der Waals surface area contributed by atoms with Gasteiger partial charge in [0.25, 0.3) is 0 Å². The first-order valence-corrected chi connectivity index (χ1v) is 17.0. The summed E-state index contributed by atoms with van der Waals surface area (Å²) in [5, 5.41) is 23.9. The molecule has 0 bridgehead atoms. The highest BCUT2D eigenvalue weighted by molar-refractivity contribution is 8.14. The zero-order chi connectivity index (χ0) is 29.8. The summed E-state index contributed by atoms with van der Waals surface area (Å²) in [6.45, 7) is 19.2. The molecule has 4 saturated carbocycles. The second-order valence-electron chi connectivity index (χ2n) is 16.2. The largest absolute Gasteiger partial charge is 0.462 e. The van der Waals surface area contributed by atoms with Gasteiger partial charge in [-0.1, -0.05) is 60.2 Å². The highest BCUT2D eigenvalue weighted by Crippen LogP contribution is 2.68. The van der Waals surface area contributed by atoms with Crippen LogP contribution in [0.25, 0.3) is 0 Å². The first-order chi connectivity index (χ1) is 18.4. The number of hydrogen-bond donors (Lipinski definition) is 2. The fourth-order valence-electron chi connectivity index (χ4n) is 9.62. The van der Waals surface area contributed by atoms with Gasteiger partial charge in [0.05, 0.1) is 17.6 Å². The monoisotopic (exact) mass is 578 g/mol. The van der Waals surface area contributed by atoms with Crippen LogP contribution in [-0.4, -0.2) is 44.4 Å². The summed E-state index contributed by atoms with van der Waals surface area (Å²) in [5.74, 6) is 1.75. The Labute approximate surface area is 248 Å². The van der Waals surface area contributed by atoms with Crippen LogP contribution in [0.4, 0.5) is 0 Å². The van der Waals surface area contributed by atoms with Crippen LogP contribution < -0.4 is 0 Å². The van der Waals surface area contributed by atoms with Gasteiger partial charge in [-0.05, 0) is 118 Å². The minimum atomic E-state index is -0.468. The predicted molar refractivity (Wildman–Crippen MR) is 163 cm³/mol. The molecule has 4 fully saturated rings. The summed E-state index contributed by atoms with van der Waals surface area (Å²) in [5.41, 5.74) is -0.635. The van der Waals surface area contributed by atoms with Gasteiger partial charge in [-0.25, -0.2) is 0 Å². The van der Waals surface area contributed by atoms with Crippen molar-refractivity contribution in [3.05, 3.63) is 0 Å². The Morgan fingerprint density at radius 1 is 1.00 bits per heavy atom. The van der Waals surface area contributed by atoms with Gasteiger partial charge in [0.15, 0.2) is 5.12 Å². The highest BCUT2D eigenvalue weighted by Gasteiger charge is 2.65. The molecule has 4 aliphatic carbocycles. The van der Waals surface area contributed by atoms with Crippen molar-refractivity contribution < 1.29 is 24.5 Å². The Bertz CT molecular complexity index is 941. The van der Waals surface area contributed by atoms with Crippen molar-refractivity contribution in [3.63, 3.8) is 0 Å². The van der Waals surface area contributed by atoms with E-state index in [0.717, 1.165) is 57.8 Å². The zero-order valence-electron chi connectivity index (χ0n) is 26.8. The first kappa shape index (κ1) is 32.3. The van der Waals surface area contributed by atoms with E-state index >= 15 is 0 Å². The average Bonchev–Trinajstić information content (AvgIpc) is 3.21. The van der Waals surface area contributed by atoms with Gasteiger partial charge in [0.1, 0.15) is 6.10 Å². The van der Waals surface area contributed by atoms with E-state index in [1.165, 1.54) is 11.8 Å². The van der Waals surface area contributed by atoms with Crippen LogP contribution in [0.1, 0.15) is 127 Å². The summed E-state index contributed by atoms with van der Waals surface area (Å²) in [4.78, 5) is 25.4. The fourth-order valence-corrected chi connectivity index (χ4v) is 10.5. The van der Waals surface area contributed by atoms with Gasteiger partial charge >= 0.3 is 5.97 Å². The number of ether oxygens (including phenoxy) is 1. The molecule has 0 aromatic heterocycles. The molecule has 5 nitrogen and oxygen atoms in total. The molecule has 4 aliphatic rings. The van der Waals surface area contributed by atoms with E-state index in [2.05, 4.69) is 41.5 Å². The molecule has 0 aromatic carbocycles. The van der Waals surface area contributed by atoms with Crippen molar-refractivity contribution in [2.45, 2.75) is 150 Å². The second-order valence-corrected chi connectivity index (χ2v) is 18.1. The Balaban J connectivity index is 1.46. The molecule has 40 heavy (non-hydrogen) atoms. The minimum Gasteiger partial charge on any atom is -0.462 e. The van der Waals surface area contributed by atoms with Gasteiger partial charge in [-0.15, -0.1) is 0 Å². The molecule has 0 aliphatic heterocycles. The van der Waals surface area contributed by atoms with Crippen LogP contribution in [-0.2, 0) is 14.3 Å². The molecule has 0 amide bonds. The number of hydrogen-bond acceptors (Lipinski definition) is 6. The van der Waals surface area contributed by atoms with Crippen LogP contribution in [0.2, 0.25) is 0 Å². The van der Waals surface area contributed by atoms with Crippen LogP contribution in [0.15, 0.2) is 0 Å². The van der Waals surface area contributed by atoms with E-state index < -0.39 is 11.5 Å². The maximum Gasteiger partial charge on any atom is 0.311 e. The van der Waals surface area contributed by atoms with Crippen molar-refractivity contribution in [1.29, 1.82) is 0 Å². The average molecular weight is 579 g/mol. The number of carbonyl (C=O) groups is 2. The second kappa shape index (κ2) is 11.5. The Morgan fingerprint density at radius 2 is 1.68 bits per heavy atom. The van der Waals surface area contributed by atoms with Crippen molar-refractivity contribution in [1.82, 2.24) is 0 Å². The molecule has 6 heteroatoms. The first-order valence-electron chi connectivity index (χ1n) is 16.2. The van der Waals surface area contributed by atoms with Crippen LogP contribution in [0.5, 0.6) is 0 Å². The summed E-state index contributed by atoms with van der Waals surface area (Å²) in [6.07, 6.45) is 7.69. The molecule has 4 rings (SSSR count). The molecule has 0 spiro atoms. The number of thioether (sulfide) groups is 1. The van der Waals surface area contributed by atoms with E-state index in [4.69, 9.17) is 4.74 Å². The summed E-state index contributed by atoms with van der Waals surface area (Å²) in [7, 11) is 0. The van der Waals surface area contributed by atoms with Gasteiger partial charge in [0.2, 0.25) is 0 Å². The maximum atomic E-state index is 12.8. The molecule has 9 unspecified atom stereocenters. The lowest BCUT2D eigenvalue weighted by Gasteiger charge is -2.63. The number of carbonyl (C=O) groups excluding carboxylic acids is 2. The summed E-state index contributed by atoms with van der Waals surface area (Å²) in [6, 6.07) is 0. The maximum absolute atomic E-state index is 12.8. The molecule has 0 radical (unpaired) electrons. The molecule has 230 valence electrons. The van der Waals surface area contributed by atoms with E-state index in [9.17, 15) is 19.8 Å². The van der Waals surface area contributed by atoms with Crippen molar-refractivity contribution in [3.8, 4) is 0 Å². The van der Waals surface area contributed by atoms with Crippen LogP contribution >= 0.6 is 11.8 Å². The van der Waals surface area contributed by atoms with Gasteiger partial charge in [0, 0.05) is 11.2 Å². The molecule has 0 aromatic rings. The van der Waals surface area contributed by atoms with Crippen LogP contribution in [0.3, 0.4) is 0 Å². The number of esters is 1. The van der Waals surface area contributed by atoms with E-state index in [0.29, 0.717) is 30.1 Å². The SMILES string of the molecule is CCC(C)(C)C(=O)OC1CC[C@@]2(C)C(C1)CC(O)C1C2CC(O)[C@]2(C)C(C(C)CCC(=O)SC(C)(C)C)CCC12. The molecule has 11 atom stereocenters. The third kappa shape index (κ3) is 5.94. The smallest absolute Gasteiger partial charge is 0.311 e. The molecule has 0 saturated heterocycles. The normalized spacial score (nSPS) is 42.4. The summed E-state index contributed by atoms with van der Waals surface area (Å²) >= 11 is 1.45. The minimum absolute atomic E-state index is 0.0513.